The van der Waals surface area contributed by atoms with E-state index in [1.807, 2.05) is 6.26 Å². The molecule has 3 heterocycles. The van der Waals surface area contributed by atoms with Crippen LogP contribution in [0.15, 0.2) is 22.5 Å². The van der Waals surface area contributed by atoms with E-state index in [4.69, 9.17) is 0 Å². The molecule has 4 rings (SSSR count). The minimum absolute atomic E-state index is 0. The maximum absolute atomic E-state index is 12.9. The molecule has 0 radical (unpaired) electrons. The van der Waals surface area contributed by atoms with E-state index in [9.17, 15) is 9.90 Å². The Bertz CT molecular complexity index is 855. The number of aliphatic hydroxyl groups is 1. The molecule has 1 atom stereocenters. The SMILES string of the molecule is CSc1ncc2c(=O)n(CC3(O)CCNCC34CCCC4)cnc2n1.Cl. The van der Waals surface area contributed by atoms with Gasteiger partial charge in [-0.2, -0.15) is 0 Å². The Balaban J connectivity index is 0.00000196. The third-order valence-electron chi connectivity index (χ3n) is 5.90. The van der Waals surface area contributed by atoms with Gasteiger partial charge in [0.25, 0.3) is 5.56 Å². The first kappa shape index (κ1) is 19.5. The molecule has 1 unspecified atom stereocenters. The normalized spacial score (nSPS) is 24.7. The quantitative estimate of drug-likeness (QED) is 0.600. The van der Waals surface area contributed by atoms with Gasteiger partial charge in [0.15, 0.2) is 10.8 Å². The third kappa shape index (κ3) is 3.13. The predicted molar refractivity (Wildman–Crippen MR) is 104 cm³/mol. The number of nitrogens with zero attached hydrogens (tertiary/aromatic N) is 4. The van der Waals surface area contributed by atoms with E-state index in [-0.39, 0.29) is 29.9 Å². The lowest BCUT2D eigenvalue weighted by Crippen LogP contribution is -2.60. The van der Waals surface area contributed by atoms with Gasteiger partial charge in [-0.3, -0.25) is 9.36 Å². The third-order valence-corrected chi connectivity index (χ3v) is 6.46. The molecular formula is C17H24ClN5O2S. The Hall–Kier alpha value is -1.22. The summed E-state index contributed by atoms with van der Waals surface area (Å²) in [5, 5.41) is 15.9. The lowest BCUT2D eigenvalue weighted by molar-refractivity contribution is -0.115. The fourth-order valence-electron chi connectivity index (χ4n) is 4.42. The van der Waals surface area contributed by atoms with Crippen molar-refractivity contribution in [3.8, 4) is 0 Å². The summed E-state index contributed by atoms with van der Waals surface area (Å²) in [6, 6.07) is 0. The van der Waals surface area contributed by atoms with E-state index in [0.29, 0.717) is 22.6 Å². The van der Waals surface area contributed by atoms with Crippen LogP contribution in [-0.4, -0.2) is 49.6 Å². The molecule has 0 amide bonds. The van der Waals surface area contributed by atoms with Crippen LogP contribution in [0.3, 0.4) is 0 Å². The highest BCUT2D eigenvalue weighted by Crippen LogP contribution is 2.49. The van der Waals surface area contributed by atoms with Crippen molar-refractivity contribution in [1.29, 1.82) is 0 Å². The molecule has 2 aromatic rings. The summed E-state index contributed by atoms with van der Waals surface area (Å²) < 4.78 is 1.54. The summed E-state index contributed by atoms with van der Waals surface area (Å²) in [5.41, 5.74) is -0.793. The van der Waals surface area contributed by atoms with Crippen molar-refractivity contribution >= 4 is 35.2 Å². The zero-order valence-corrected chi connectivity index (χ0v) is 16.4. The minimum atomic E-state index is -0.881. The van der Waals surface area contributed by atoms with Crippen LogP contribution in [0.25, 0.3) is 11.0 Å². The molecule has 7 nitrogen and oxygen atoms in total. The zero-order valence-electron chi connectivity index (χ0n) is 14.8. The maximum atomic E-state index is 12.9. The van der Waals surface area contributed by atoms with E-state index in [0.717, 1.165) is 38.8 Å². The molecular weight excluding hydrogens is 374 g/mol. The number of thioether (sulfide) groups is 1. The van der Waals surface area contributed by atoms with Crippen LogP contribution in [0, 0.1) is 5.41 Å². The van der Waals surface area contributed by atoms with Gasteiger partial charge < -0.3 is 10.4 Å². The Morgan fingerprint density at radius 2 is 2.08 bits per heavy atom. The molecule has 1 aliphatic heterocycles. The molecule has 1 saturated heterocycles. The second-order valence-electron chi connectivity index (χ2n) is 7.22. The molecule has 9 heteroatoms. The summed E-state index contributed by atoms with van der Waals surface area (Å²) in [6.07, 6.45) is 9.89. The lowest BCUT2D eigenvalue weighted by Gasteiger charge is -2.49. The molecule has 1 saturated carbocycles. The average Bonchev–Trinajstić information content (AvgIpc) is 3.10. The van der Waals surface area contributed by atoms with Crippen LogP contribution in [-0.2, 0) is 6.54 Å². The molecule has 142 valence electrons. The summed E-state index contributed by atoms with van der Waals surface area (Å²) in [4.78, 5) is 25.7. The number of nitrogens with one attached hydrogen (secondary N) is 1. The van der Waals surface area contributed by atoms with Crippen molar-refractivity contribution < 1.29 is 5.11 Å². The van der Waals surface area contributed by atoms with Gasteiger partial charge in [-0.05, 0) is 32.1 Å². The summed E-state index contributed by atoms with van der Waals surface area (Å²) in [6.45, 7) is 1.87. The van der Waals surface area contributed by atoms with Crippen LogP contribution >= 0.6 is 24.2 Å². The molecule has 2 N–H and O–H groups in total. The second-order valence-corrected chi connectivity index (χ2v) is 7.99. The Labute approximate surface area is 162 Å². The number of hydrogen-bond acceptors (Lipinski definition) is 7. The molecule has 2 fully saturated rings. The summed E-state index contributed by atoms with van der Waals surface area (Å²) in [5.74, 6) is 0. The van der Waals surface area contributed by atoms with Crippen LogP contribution in [0.1, 0.15) is 32.1 Å². The highest BCUT2D eigenvalue weighted by molar-refractivity contribution is 7.98. The van der Waals surface area contributed by atoms with E-state index in [1.54, 1.807) is 0 Å². The number of fused-ring (bicyclic) bond motifs is 1. The van der Waals surface area contributed by atoms with Gasteiger partial charge in [-0.1, -0.05) is 24.6 Å². The van der Waals surface area contributed by atoms with E-state index >= 15 is 0 Å². The molecule has 26 heavy (non-hydrogen) atoms. The highest BCUT2D eigenvalue weighted by atomic mass is 35.5. The predicted octanol–water partition coefficient (Wildman–Crippen LogP) is 1.61. The topological polar surface area (TPSA) is 92.9 Å². The number of aromatic nitrogens is 4. The van der Waals surface area contributed by atoms with Crippen LogP contribution in [0.2, 0.25) is 0 Å². The molecule has 1 spiro atoms. The van der Waals surface area contributed by atoms with Crippen molar-refractivity contribution in [3.63, 3.8) is 0 Å². The van der Waals surface area contributed by atoms with E-state index in [1.165, 1.54) is 28.9 Å². The van der Waals surface area contributed by atoms with Crippen molar-refractivity contribution in [2.75, 3.05) is 19.3 Å². The summed E-state index contributed by atoms with van der Waals surface area (Å²) in [7, 11) is 0. The van der Waals surface area contributed by atoms with Crippen molar-refractivity contribution in [1.82, 2.24) is 24.8 Å². The first-order chi connectivity index (χ1) is 12.1. The molecule has 2 aliphatic rings. The average molecular weight is 398 g/mol. The Kier molecular flexibility index (Phi) is 5.58. The van der Waals surface area contributed by atoms with Crippen molar-refractivity contribution in [2.45, 2.75) is 49.4 Å². The number of halogens is 1. The number of rotatable bonds is 3. The van der Waals surface area contributed by atoms with Gasteiger partial charge in [0, 0.05) is 18.2 Å². The van der Waals surface area contributed by atoms with Gasteiger partial charge in [0.1, 0.15) is 11.7 Å². The Morgan fingerprint density at radius 1 is 1.31 bits per heavy atom. The highest BCUT2D eigenvalue weighted by Gasteiger charge is 2.53. The van der Waals surface area contributed by atoms with E-state index in [2.05, 4.69) is 20.3 Å². The molecule has 2 aromatic heterocycles. The van der Waals surface area contributed by atoms with Crippen LogP contribution in [0.4, 0.5) is 0 Å². The summed E-state index contributed by atoms with van der Waals surface area (Å²) >= 11 is 1.42. The number of hydrogen-bond donors (Lipinski definition) is 2. The zero-order chi connectivity index (χ0) is 17.5. The van der Waals surface area contributed by atoms with Gasteiger partial charge in [0.2, 0.25) is 0 Å². The largest absolute Gasteiger partial charge is 0.387 e. The molecule has 0 bridgehead atoms. The van der Waals surface area contributed by atoms with Gasteiger partial charge in [0.05, 0.1) is 12.1 Å². The molecule has 0 aromatic carbocycles. The van der Waals surface area contributed by atoms with E-state index < -0.39 is 5.60 Å². The monoisotopic (exact) mass is 397 g/mol. The smallest absolute Gasteiger partial charge is 0.264 e. The van der Waals surface area contributed by atoms with Gasteiger partial charge >= 0.3 is 0 Å². The van der Waals surface area contributed by atoms with Gasteiger partial charge in [-0.15, -0.1) is 12.4 Å². The fraction of sp³-hybridized carbons (Fsp3) is 0.647. The first-order valence-corrected chi connectivity index (χ1v) is 9.99. The molecule has 1 aliphatic carbocycles. The van der Waals surface area contributed by atoms with Crippen molar-refractivity contribution in [3.05, 3.63) is 22.9 Å². The standard InChI is InChI=1S/C17H23N5O2S.ClH/c1-25-15-19-8-12-13(21-15)20-11-22(14(12)23)10-17(24)6-7-18-9-16(17)4-2-3-5-16;/h8,11,18,24H,2-7,9-10H2,1H3;1H. The van der Waals surface area contributed by atoms with Crippen LogP contribution in [0.5, 0.6) is 0 Å². The number of piperidine rings is 1. The second kappa shape index (κ2) is 7.42. The first-order valence-electron chi connectivity index (χ1n) is 8.76. The van der Waals surface area contributed by atoms with Crippen LogP contribution < -0.4 is 10.9 Å². The Morgan fingerprint density at radius 3 is 2.81 bits per heavy atom. The fourth-order valence-corrected chi connectivity index (χ4v) is 4.76. The van der Waals surface area contributed by atoms with Crippen molar-refractivity contribution in [2.24, 2.45) is 5.41 Å². The minimum Gasteiger partial charge on any atom is -0.387 e. The maximum Gasteiger partial charge on any atom is 0.264 e. The lowest BCUT2D eigenvalue weighted by atomic mass is 9.66. The van der Waals surface area contributed by atoms with Gasteiger partial charge in [-0.25, -0.2) is 15.0 Å².